The van der Waals surface area contributed by atoms with E-state index >= 15 is 0 Å². The number of benzene rings is 2. The van der Waals surface area contributed by atoms with Crippen molar-refractivity contribution in [3.8, 4) is 28.7 Å². The molecule has 0 N–H and O–H groups in total. The average molecular weight is 355 g/mol. The number of aromatic nitrogens is 4. The maximum Gasteiger partial charge on any atom is 0.278 e. The number of fused-ring (bicyclic) bond motifs is 6. The molecule has 1 atom stereocenters. The smallest absolute Gasteiger partial charge is 0.278 e. The maximum atomic E-state index is 5.61. The standard InChI is InChI=1S/C21H17N5O/c1-2-7-14(8-3-1)20-23-21(27-24-20)18-19-17-11-6-12-25(17)15-9-4-5-10-16(15)26(19)13-22-18/h1-5,7-10,13,17H,6,11-12H2. The van der Waals surface area contributed by atoms with Gasteiger partial charge in [-0.25, -0.2) is 4.98 Å². The predicted octanol–water partition coefficient (Wildman–Crippen LogP) is 4.24. The molecule has 1 saturated heterocycles. The third-order valence-electron chi connectivity index (χ3n) is 5.48. The Hall–Kier alpha value is -3.41. The number of para-hydroxylation sites is 2. The van der Waals surface area contributed by atoms with Crippen molar-refractivity contribution in [1.82, 2.24) is 19.7 Å². The number of hydrogen-bond acceptors (Lipinski definition) is 5. The minimum absolute atomic E-state index is 0.296. The van der Waals surface area contributed by atoms with Crippen LogP contribution < -0.4 is 4.90 Å². The third kappa shape index (κ3) is 2.10. The summed E-state index contributed by atoms with van der Waals surface area (Å²) in [6.45, 7) is 1.06. The highest BCUT2D eigenvalue weighted by Crippen LogP contribution is 2.46. The first-order chi connectivity index (χ1) is 13.4. The number of hydrogen-bond donors (Lipinski definition) is 0. The van der Waals surface area contributed by atoms with Crippen LogP contribution in [0.2, 0.25) is 0 Å². The Morgan fingerprint density at radius 2 is 1.78 bits per heavy atom. The monoisotopic (exact) mass is 355 g/mol. The van der Waals surface area contributed by atoms with Gasteiger partial charge in [0.15, 0.2) is 5.69 Å². The quantitative estimate of drug-likeness (QED) is 0.538. The van der Waals surface area contributed by atoms with Gasteiger partial charge in [-0.05, 0) is 25.0 Å². The van der Waals surface area contributed by atoms with Gasteiger partial charge in [0.05, 0.1) is 23.1 Å². The first-order valence-corrected chi connectivity index (χ1v) is 9.23. The lowest BCUT2D eigenvalue weighted by molar-refractivity contribution is 0.430. The lowest BCUT2D eigenvalue weighted by atomic mass is 10.0. The van der Waals surface area contributed by atoms with Crippen LogP contribution in [0.5, 0.6) is 0 Å². The van der Waals surface area contributed by atoms with Crippen LogP contribution in [0.25, 0.3) is 28.7 Å². The van der Waals surface area contributed by atoms with Crippen LogP contribution in [0.4, 0.5) is 5.69 Å². The number of imidazole rings is 1. The van der Waals surface area contributed by atoms with Crippen LogP contribution in [0.15, 0.2) is 65.4 Å². The summed E-state index contributed by atoms with van der Waals surface area (Å²) in [5, 5.41) is 4.17. The van der Waals surface area contributed by atoms with Gasteiger partial charge in [-0.15, -0.1) is 0 Å². The highest BCUT2D eigenvalue weighted by molar-refractivity contribution is 5.71. The zero-order valence-electron chi connectivity index (χ0n) is 14.6. The van der Waals surface area contributed by atoms with Crippen LogP contribution in [0.1, 0.15) is 24.6 Å². The van der Waals surface area contributed by atoms with Crippen molar-refractivity contribution in [3.63, 3.8) is 0 Å². The Morgan fingerprint density at radius 3 is 2.67 bits per heavy atom. The van der Waals surface area contributed by atoms with Crippen molar-refractivity contribution in [1.29, 1.82) is 0 Å². The van der Waals surface area contributed by atoms with Crippen LogP contribution >= 0.6 is 0 Å². The van der Waals surface area contributed by atoms with Gasteiger partial charge in [0.2, 0.25) is 5.82 Å². The van der Waals surface area contributed by atoms with E-state index in [1.54, 1.807) is 0 Å². The van der Waals surface area contributed by atoms with Crippen molar-refractivity contribution in [2.45, 2.75) is 18.9 Å². The molecular formula is C21H17N5O. The minimum Gasteiger partial charge on any atom is -0.361 e. The summed E-state index contributed by atoms with van der Waals surface area (Å²) in [4.78, 5) is 11.8. The molecule has 1 fully saturated rings. The van der Waals surface area contributed by atoms with E-state index in [0.717, 1.165) is 35.6 Å². The average Bonchev–Trinajstić information content (AvgIpc) is 3.46. The first-order valence-electron chi connectivity index (χ1n) is 9.23. The van der Waals surface area contributed by atoms with Crippen LogP contribution in [-0.4, -0.2) is 26.2 Å². The molecule has 2 aliphatic rings. The third-order valence-corrected chi connectivity index (χ3v) is 5.48. The first kappa shape index (κ1) is 14.7. The van der Waals surface area contributed by atoms with Gasteiger partial charge < -0.3 is 9.42 Å². The summed E-state index contributed by atoms with van der Waals surface area (Å²) in [7, 11) is 0. The van der Waals surface area contributed by atoms with E-state index in [1.165, 1.54) is 12.1 Å². The topological polar surface area (TPSA) is 60.0 Å². The van der Waals surface area contributed by atoms with Gasteiger partial charge >= 0.3 is 0 Å². The van der Waals surface area contributed by atoms with Gasteiger partial charge in [0.25, 0.3) is 5.89 Å². The fourth-order valence-corrected chi connectivity index (χ4v) is 4.31. The summed E-state index contributed by atoms with van der Waals surface area (Å²) in [6.07, 6.45) is 4.15. The second-order valence-electron chi connectivity index (χ2n) is 6.98. The van der Waals surface area contributed by atoms with Crippen LogP contribution in [0.3, 0.4) is 0 Å². The summed E-state index contributed by atoms with van der Waals surface area (Å²) >= 11 is 0. The molecule has 1 unspecified atom stereocenters. The van der Waals surface area contributed by atoms with E-state index < -0.39 is 0 Å². The van der Waals surface area contributed by atoms with Gasteiger partial charge in [0.1, 0.15) is 6.33 Å². The minimum atomic E-state index is 0.296. The Kier molecular flexibility index (Phi) is 3.02. The molecule has 0 amide bonds. The molecule has 0 radical (unpaired) electrons. The Labute approximate surface area is 156 Å². The second-order valence-corrected chi connectivity index (χ2v) is 6.98. The molecule has 2 aliphatic heterocycles. The Morgan fingerprint density at radius 1 is 0.963 bits per heavy atom. The highest BCUT2D eigenvalue weighted by atomic mass is 16.5. The fraction of sp³-hybridized carbons (Fsp3) is 0.190. The molecule has 0 bridgehead atoms. The van der Waals surface area contributed by atoms with Crippen molar-refractivity contribution in [2.24, 2.45) is 0 Å². The molecule has 132 valence electrons. The van der Waals surface area contributed by atoms with E-state index in [4.69, 9.17) is 4.52 Å². The zero-order chi connectivity index (χ0) is 17.8. The molecule has 6 rings (SSSR count). The van der Waals surface area contributed by atoms with Crippen molar-refractivity contribution in [3.05, 3.63) is 66.6 Å². The lowest BCUT2D eigenvalue weighted by Crippen LogP contribution is -2.29. The molecule has 4 heterocycles. The molecule has 2 aromatic carbocycles. The summed E-state index contributed by atoms with van der Waals surface area (Å²) < 4.78 is 7.79. The maximum absolute atomic E-state index is 5.61. The van der Waals surface area contributed by atoms with E-state index in [2.05, 4.69) is 48.9 Å². The SMILES string of the molecule is c1ccc(-c2noc(-c3ncn4c3C3CCCN3c3ccccc3-4)n2)cc1. The molecule has 6 nitrogen and oxygen atoms in total. The van der Waals surface area contributed by atoms with E-state index in [9.17, 15) is 0 Å². The molecule has 2 aromatic heterocycles. The number of nitrogens with zero attached hydrogens (tertiary/aromatic N) is 5. The van der Waals surface area contributed by atoms with Gasteiger partial charge in [-0.2, -0.15) is 4.98 Å². The molecule has 0 aliphatic carbocycles. The summed E-state index contributed by atoms with van der Waals surface area (Å²) in [6, 6.07) is 18.7. The predicted molar refractivity (Wildman–Crippen MR) is 102 cm³/mol. The zero-order valence-corrected chi connectivity index (χ0v) is 14.6. The van der Waals surface area contributed by atoms with Crippen molar-refractivity contribution in [2.75, 3.05) is 11.4 Å². The second kappa shape index (κ2) is 5.54. The normalized spacial score (nSPS) is 17.5. The van der Waals surface area contributed by atoms with E-state index in [-0.39, 0.29) is 0 Å². The lowest BCUT2D eigenvalue weighted by Gasteiger charge is -2.34. The van der Waals surface area contributed by atoms with Gasteiger partial charge in [-0.3, -0.25) is 4.57 Å². The molecule has 0 saturated carbocycles. The Balaban J connectivity index is 1.51. The Bertz CT molecular complexity index is 1130. The number of rotatable bonds is 2. The fourth-order valence-electron chi connectivity index (χ4n) is 4.31. The molecule has 0 spiro atoms. The summed E-state index contributed by atoms with van der Waals surface area (Å²) in [5.41, 5.74) is 5.30. The van der Waals surface area contributed by atoms with Crippen molar-refractivity contribution < 1.29 is 4.52 Å². The largest absolute Gasteiger partial charge is 0.361 e. The molecule has 4 aromatic rings. The van der Waals surface area contributed by atoms with Crippen LogP contribution in [0, 0.1) is 0 Å². The molecular weight excluding hydrogens is 338 g/mol. The summed E-state index contributed by atoms with van der Waals surface area (Å²) in [5.74, 6) is 1.07. The van der Waals surface area contributed by atoms with Gasteiger partial charge in [-0.1, -0.05) is 47.6 Å². The highest BCUT2D eigenvalue weighted by Gasteiger charge is 2.38. The number of anilines is 1. The van der Waals surface area contributed by atoms with E-state index in [1.807, 2.05) is 36.7 Å². The van der Waals surface area contributed by atoms with E-state index in [0.29, 0.717) is 17.8 Å². The van der Waals surface area contributed by atoms with Crippen molar-refractivity contribution >= 4 is 5.69 Å². The van der Waals surface area contributed by atoms with Gasteiger partial charge in [0, 0.05) is 12.1 Å². The van der Waals surface area contributed by atoms with Crippen LogP contribution in [-0.2, 0) is 0 Å². The molecule has 27 heavy (non-hydrogen) atoms. The molecule has 6 heteroatoms.